The van der Waals surface area contributed by atoms with Crippen LogP contribution in [0, 0.1) is 5.41 Å². The average molecular weight is 207 g/mol. The molecular formula is C11H17N3O. The summed E-state index contributed by atoms with van der Waals surface area (Å²) in [6, 6.07) is 0. The van der Waals surface area contributed by atoms with E-state index in [1.807, 2.05) is 0 Å². The van der Waals surface area contributed by atoms with Gasteiger partial charge >= 0.3 is 0 Å². The Labute approximate surface area is 90.5 Å². The predicted octanol–water partition coefficient (Wildman–Crippen LogP) is 1.29. The maximum absolute atomic E-state index is 11.8. The van der Waals surface area contributed by atoms with E-state index in [4.69, 9.17) is 5.41 Å². The number of ketones is 1. The van der Waals surface area contributed by atoms with E-state index in [0.29, 0.717) is 5.57 Å². The van der Waals surface area contributed by atoms with E-state index in [-0.39, 0.29) is 11.5 Å². The van der Waals surface area contributed by atoms with Crippen LogP contribution in [0.25, 0.3) is 0 Å². The minimum absolute atomic E-state index is 0.185. The van der Waals surface area contributed by atoms with Crippen LogP contribution in [0.4, 0.5) is 0 Å². The molecule has 15 heavy (non-hydrogen) atoms. The van der Waals surface area contributed by atoms with E-state index in [9.17, 15) is 4.79 Å². The molecule has 0 amide bonds. The van der Waals surface area contributed by atoms with Crippen LogP contribution in [0.3, 0.4) is 0 Å². The quantitative estimate of drug-likeness (QED) is 0.298. The highest BCUT2D eigenvalue weighted by Gasteiger charge is 2.12. The summed E-state index contributed by atoms with van der Waals surface area (Å²) in [6.45, 7) is 5.41. The molecule has 0 saturated heterocycles. The summed E-state index contributed by atoms with van der Waals surface area (Å²) >= 11 is 0. The minimum Gasteiger partial charge on any atom is -0.394 e. The van der Waals surface area contributed by atoms with Crippen molar-refractivity contribution in [3.63, 3.8) is 0 Å². The lowest BCUT2D eigenvalue weighted by atomic mass is 10.1. The number of nitrogens with zero attached hydrogens (tertiary/aromatic N) is 1. The molecule has 2 N–H and O–H groups in total. The SMILES string of the molecule is C=C(C(=O)C(/C=C\NC)=C/C)N(C)C=N. The van der Waals surface area contributed by atoms with E-state index in [1.165, 1.54) is 4.90 Å². The lowest BCUT2D eigenvalue weighted by Gasteiger charge is -2.14. The van der Waals surface area contributed by atoms with Crippen molar-refractivity contribution < 1.29 is 4.79 Å². The molecule has 0 bridgehead atoms. The van der Waals surface area contributed by atoms with E-state index >= 15 is 0 Å². The molecule has 0 aromatic rings. The normalized spacial score (nSPS) is 11.3. The van der Waals surface area contributed by atoms with Crippen molar-refractivity contribution in [3.05, 3.63) is 36.2 Å². The molecule has 0 saturated carbocycles. The molecule has 0 unspecified atom stereocenters. The first-order valence-electron chi connectivity index (χ1n) is 4.55. The van der Waals surface area contributed by atoms with Crippen LogP contribution in [-0.4, -0.2) is 31.1 Å². The number of hydrogen-bond donors (Lipinski definition) is 2. The van der Waals surface area contributed by atoms with Crippen molar-refractivity contribution in [2.24, 2.45) is 0 Å². The lowest BCUT2D eigenvalue weighted by molar-refractivity contribution is -0.112. The molecule has 0 aliphatic rings. The van der Waals surface area contributed by atoms with Gasteiger partial charge in [-0.1, -0.05) is 12.7 Å². The average Bonchev–Trinajstić information content (AvgIpc) is 2.27. The van der Waals surface area contributed by atoms with Crippen molar-refractivity contribution in [2.75, 3.05) is 14.1 Å². The molecule has 0 heterocycles. The molecule has 4 heteroatoms. The Balaban J connectivity index is 4.75. The zero-order valence-corrected chi connectivity index (χ0v) is 9.37. The highest BCUT2D eigenvalue weighted by atomic mass is 16.1. The van der Waals surface area contributed by atoms with Crippen LogP contribution in [-0.2, 0) is 4.79 Å². The van der Waals surface area contributed by atoms with Crippen LogP contribution >= 0.6 is 0 Å². The molecule has 0 atom stereocenters. The van der Waals surface area contributed by atoms with Crippen molar-refractivity contribution in [1.82, 2.24) is 10.2 Å². The second kappa shape index (κ2) is 6.59. The fourth-order valence-electron chi connectivity index (χ4n) is 0.881. The molecule has 0 aromatic carbocycles. The zero-order valence-electron chi connectivity index (χ0n) is 9.37. The van der Waals surface area contributed by atoms with Crippen molar-refractivity contribution in [1.29, 1.82) is 5.41 Å². The highest BCUT2D eigenvalue weighted by Crippen LogP contribution is 2.07. The molecule has 0 spiro atoms. The van der Waals surface area contributed by atoms with E-state index in [2.05, 4.69) is 11.9 Å². The standard InChI is InChI=1S/C11H17N3O/c1-5-10(6-7-13-3)11(15)9(2)14(4)8-12/h5-8,12-13H,2H2,1,3-4H3/b7-6-,10-5+,12-8?. The molecule has 0 fully saturated rings. The minimum atomic E-state index is -0.185. The molecule has 0 aliphatic heterocycles. The number of nitrogens with one attached hydrogen (secondary N) is 2. The van der Waals surface area contributed by atoms with Gasteiger partial charge in [-0.3, -0.25) is 10.2 Å². The van der Waals surface area contributed by atoms with Crippen LogP contribution < -0.4 is 5.32 Å². The van der Waals surface area contributed by atoms with Gasteiger partial charge < -0.3 is 10.2 Å². The van der Waals surface area contributed by atoms with Gasteiger partial charge in [0.15, 0.2) is 0 Å². The Bertz CT molecular complexity index is 316. The molecule has 0 aliphatic carbocycles. The van der Waals surface area contributed by atoms with Gasteiger partial charge in [-0.25, -0.2) is 0 Å². The molecule has 0 aromatic heterocycles. The number of hydrogen-bond acceptors (Lipinski definition) is 3. The Kier molecular flexibility index (Phi) is 5.78. The first kappa shape index (κ1) is 13.2. The molecule has 0 radical (unpaired) electrons. The third kappa shape index (κ3) is 3.81. The van der Waals surface area contributed by atoms with Crippen molar-refractivity contribution >= 4 is 12.1 Å². The number of allylic oxidation sites excluding steroid dienone is 3. The highest BCUT2D eigenvalue weighted by molar-refractivity contribution is 6.10. The number of carbonyl (C=O) groups excluding carboxylic acids is 1. The van der Waals surface area contributed by atoms with Gasteiger partial charge in [-0.2, -0.15) is 0 Å². The summed E-state index contributed by atoms with van der Waals surface area (Å²) in [5, 5.41) is 9.81. The maximum atomic E-state index is 11.8. The third-order valence-corrected chi connectivity index (χ3v) is 1.88. The summed E-state index contributed by atoms with van der Waals surface area (Å²) in [4.78, 5) is 13.2. The molecule has 0 rings (SSSR count). The van der Waals surface area contributed by atoms with Crippen LogP contribution in [0.15, 0.2) is 36.2 Å². The fourth-order valence-corrected chi connectivity index (χ4v) is 0.881. The van der Waals surface area contributed by atoms with Gasteiger partial charge in [-0.05, 0) is 19.2 Å². The number of rotatable bonds is 6. The zero-order chi connectivity index (χ0) is 11.8. The summed E-state index contributed by atoms with van der Waals surface area (Å²) < 4.78 is 0. The van der Waals surface area contributed by atoms with Gasteiger partial charge in [0.2, 0.25) is 5.78 Å². The monoisotopic (exact) mass is 207 g/mol. The second-order valence-electron chi connectivity index (χ2n) is 2.88. The van der Waals surface area contributed by atoms with Crippen molar-refractivity contribution in [2.45, 2.75) is 6.92 Å². The summed E-state index contributed by atoms with van der Waals surface area (Å²) in [5.74, 6) is -0.185. The van der Waals surface area contributed by atoms with Crippen LogP contribution in [0.1, 0.15) is 6.92 Å². The first-order chi connectivity index (χ1) is 7.08. The Morgan fingerprint density at radius 1 is 1.53 bits per heavy atom. The van der Waals surface area contributed by atoms with Crippen LogP contribution in [0.2, 0.25) is 0 Å². The molecular weight excluding hydrogens is 190 g/mol. The largest absolute Gasteiger partial charge is 0.394 e. The van der Waals surface area contributed by atoms with Gasteiger partial charge in [-0.15, -0.1) is 0 Å². The Morgan fingerprint density at radius 3 is 2.53 bits per heavy atom. The number of carbonyl (C=O) groups is 1. The third-order valence-electron chi connectivity index (χ3n) is 1.88. The summed E-state index contributed by atoms with van der Waals surface area (Å²) in [6.07, 6.45) is 6.10. The molecule has 4 nitrogen and oxygen atoms in total. The van der Waals surface area contributed by atoms with Gasteiger partial charge in [0.05, 0.1) is 12.0 Å². The lowest BCUT2D eigenvalue weighted by Crippen LogP contribution is -2.21. The fraction of sp³-hybridized carbons (Fsp3) is 0.273. The molecule has 82 valence electrons. The van der Waals surface area contributed by atoms with Gasteiger partial charge in [0.1, 0.15) is 0 Å². The Hall–Kier alpha value is -1.84. The van der Waals surface area contributed by atoms with Gasteiger partial charge in [0.25, 0.3) is 0 Å². The maximum Gasteiger partial charge on any atom is 0.208 e. The second-order valence-corrected chi connectivity index (χ2v) is 2.88. The first-order valence-corrected chi connectivity index (χ1v) is 4.55. The summed E-state index contributed by atoms with van der Waals surface area (Å²) in [5.41, 5.74) is 0.821. The van der Waals surface area contributed by atoms with Crippen LogP contribution in [0.5, 0.6) is 0 Å². The van der Waals surface area contributed by atoms with E-state index in [0.717, 1.165) is 6.34 Å². The topological polar surface area (TPSA) is 56.2 Å². The van der Waals surface area contributed by atoms with Gasteiger partial charge in [0, 0.05) is 19.7 Å². The van der Waals surface area contributed by atoms with E-state index in [1.54, 1.807) is 39.4 Å². The number of Topliss-reactive ketones (excluding diaryl/α,β-unsaturated/α-hetero) is 1. The smallest absolute Gasteiger partial charge is 0.208 e. The Morgan fingerprint density at radius 2 is 2.13 bits per heavy atom. The predicted molar refractivity (Wildman–Crippen MR) is 62.7 cm³/mol. The van der Waals surface area contributed by atoms with Crippen molar-refractivity contribution in [3.8, 4) is 0 Å². The number of likely N-dealkylation sites (N-methyl/N-ethyl adjacent to an activating group) is 1. The van der Waals surface area contributed by atoms with E-state index < -0.39 is 0 Å². The summed E-state index contributed by atoms with van der Waals surface area (Å²) in [7, 11) is 3.37.